The number of ether oxygens (including phenoxy) is 1. The van der Waals surface area contributed by atoms with Crippen molar-refractivity contribution in [1.29, 1.82) is 0 Å². The summed E-state index contributed by atoms with van der Waals surface area (Å²) in [5.41, 5.74) is 3.07. The van der Waals surface area contributed by atoms with Crippen LogP contribution < -0.4 is 4.74 Å². The van der Waals surface area contributed by atoms with E-state index in [-0.39, 0.29) is 5.91 Å². The summed E-state index contributed by atoms with van der Waals surface area (Å²) in [5.74, 6) is 1.42. The van der Waals surface area contributed by atoms with Crippen LogP contribution in [-0.4, -0.2) is 46.3 Å². The standard InChI is InChI=1S/C22H23N3O2S/c1-27-19-11-9-17(10-12-19)20-15-23-22(25(20)18-7-3-2-4-8-18)28-16-21(26)24-13-5-6-14-24/h2-4,7-12,15H,5-6,13-14,16H2,1H3. The molecule has 0 N–H and O–H groups in total. The van der Waals surface area contributed by atoms with Gasteiger partial charge in [-0.05, 0) is 49.2 Å². The van der Waals surface area contributed by atoms with Crippen LogP contribution in [0.5, 0.6) is 5.75 Å². The average Bonchev–Trinajstić information content (AvgIpc) is 3.43. The largest absolute Gasteiger partial charge is 0.497 e. The number of hydrogen-bond donors (Lipinski definition) is 0. The zero-order chi connectivity index (χ0) is 19.3. The van der Waals surface area contributed by atoms with Gasteiger partial charge in [0.2, 0.25) is 5.91 Å². The number of nitrogens with zero attached hydrogens (tertiary/aromatic N) is 3. The molecule has 144 valence electrons. The summed E-state index contributed by atoms with van der Waals surface area (Å²) in [5, 5.41) is 0.824. The number of amides is 1. The number of thioether (sulfide) groups is 1. The molecule has 1 aliphatic heterocycles. The molecule has 3 aromatic rings. The summed E-state index contributed by atoms with van der Waals surface area (Å²) in [6, 6.07) is 18.1. The van der Waals surface area contributed by atoms with Crippen molar-refractivity contribution in [3.05, 3.63) is 60.8 Å². The lowest BCUT2D eigenvalue weighted by Crippen LogP contribution is -2.29. The first-order valence-corrected chi connectivity index (χ1v) is 10.4. The monoisotopic (exact) mass is 393 g/mol. The molecule has 1 fully saturated rings. The van der Waals surface area contributed by atoms with Gasteiger partial charge < -0.3 is 9.64 Å². The van der Waals surface area contributed by atoms with Crippen molar-refractivity contribution in [1.82, 2.24) is 14.5 Å². The van der Waals surface area contributed by atoms with Gasteiger partial charge in [-0.3, -0.25) is 9.36 Å². The lowest BCUT2D eigenvalue weighted by atomic mass is 10.1. The minimum absolute atomic E-state index is 0.191. The van der Waals surface area contributed by atoms with Crippen LogP contribution in [0.1, 0.15) is 12.8 Å². The summed E-state index contributed by atoms with van der Waals surface area (Å²) >= 11 is 1.50. The number of imidazole rings is 1. The van der Waals surface area contributed by atoms with Gasteiger partial charge in [0.1, 0.15) is 5.75 Å². The van der Waals surface area contributed by atoms with Crippen molar-refractivity contribution in [2.45, 2.75) is 18.0 Å². The van der Waals surface area contributed by atoms with Crippen LogP contribution >= 0.6 is 11.8 Å². The molecule has 0 spiro atoms. The number of benzene rings is 2. The molecule has 0 unspecified atom stereocenters. The van der Waals surface area contributed by atoms with Gasteiger partial charge in [0.05, 0.1) is 24.8 Å². The molecule has 0 aliphatic carbocycles. The number of carbonyl (C=O) groups is 1. The highest BCUT2D eigenvalue weighted by Crippen LogP contribution is 2.31. The molecule has 0 radical (unpaired) electrons. The summed E-state index contributed by atoms with van der Waals surface area (Å²) in [6.07, 6.45) is 4.09. The molecule has 1 aromatic heterocycles. The number of methoxy groups -OCH3 is 1. The van der Waals surface area contributed by atoms with E-state index in [2.05, 4.69) is 21.7 Å². The highest BCUT2D eigenvalue weighted by molar-refractivity contribution is 7.99. The van der Waals surface area contributed by atoms with Crippen LogP contribution in [-0.2, 0) is 4.79 Å². The van der Waals surface area contributed by atoms with Gasteiger partial charge in [0.15, 0.2) is 5.16 Å². The normalized spacial score (nSPS) is 13.7. The van der Waals surface area contributed by atoms with Crippen LogP contribution in [0.2, 0.25) is 0 Å². The molecule has 1 amide bonds. The van der Waals surface area contributed by atoms with Crippen LogP contribution in [0.25, 0.3) is 16.9 Å². The van der Waals surface area contributed by atoms with Crippen molar-refractivity contribution in [2.24, 2.45) is 0 Å². The topological polar surface area (TPSA) is 47.4 Å². The molecule has 0 bridgehead atoms. The number of para-hydroxylation sites is 1. The third-order valence-electron chi connectivity index (χ3n) is 4.91. The van der Waals surface area contributed by atoms with Gasteiger partial charge >= 0.3 is 0 Å². The Morgan fingerprint density at radius 2 is 1.79 bits per heavy atom. The Labute approximate surface area is 169 Å². The molecule has 1 aliphatic rings. The molecule has 5 nitrogen and oxygen atoms in total. The summed E-state index contributed by atoms with van der Waals surface area (Å²) < 4.78 is 7.38. The van der Waals surface area contributed by atoms with Crippen LogP contribution in [0.4, 0.5) is 0 Å². The molecule has 2 aromatic carbocycles. The van der Waals surface area contributed by atoms with Gasteiger partial charge in [-0.1, -0.05) is 30.0 Å². The van der Waals surface area contributed by atoms with E-state index in [1.807, 2.05) is 53.6 Å². The Morgan fingerprint density at radius 3 is 2.46 bits per heavy atom. The Balaban J connectivity index is 1.64. The van der Waals surface area contributed by atoms with Crippen molar-refractivity contribution in [3.8, 4) is 22.7 Å². The Kier molecular flexibility index (Phi) is 5.67. The minimum Gasteiger partial charge on any atom is -0.497 e. The fraction of sp³-hybridized carbons (Fsp3) is 0.273. The van der Waals surface area contributed by atoms with E-state index in [0.29, 0.717) is 5.75 Å². The SMILES string of the molecule is COc1ccc(-c2cnc(SCC(=O)N3CCCC3)n2-c2ccccc2)cc1. The molecule has 0 atom stereocenters. The third-order valence-corrected chi connectivity index (χ3v) is 5.85. The maximum atomic E-state index is 12.5. The van der Waals surface area contributed by atoms with Crippen LogP contribution in [0.15, 0.2) is 66.0 Å². The van der Waals surface area contributed by atoms with Crippen LogP contribution in [0.3, 0.4) is 0 Å². The Morgan fingerprint density at radius 1 is 1.07 bits per heavy atom. The van der Waals surface area contributed by atoms with E-state index in [1.165, 1.54) is 11.8 Å². The van der Waals surface area contributed by atoms with E-state index in [4.69, 9.17) is 4.74 Å². The van der Waals surface area contributed by atoms with E-state index in [9.17, 15) is 4.79 Å². The molecular formula is C22H23N3O2S. The van der Waals surface area contributed by atoms with E-state index < -0.39 is 0 Å². The van der Waals surface area contributed by atoms with Gasteiger partial charge in [-0.25, -0.2) is 4.98 Å². The van der Waals surface area contributed by atoms with Gasteiger partial charge in [-0.15, -0.1) is 0 Å². The van der Waals surface area contributed by atoms with Gasteiger partial charge in [0.25, 0.3) is 0 Å². The van der Waals surface area contributed by atoms with Gasteiger partial charge in [0, 0.05) is 24.3 Å². The summed E-state index contributed by atoms with van der Waals surface area (Å²) in [4.78, 5) is 19.1. The summed E-state index contributed by atoms with van der Waals surface area (Å²) in [7, 11) is 1.66. The maximum absolute atomic E-state index is 12.5. The molecule has 0 saturated carbocycles. The second kappa shape index (κ2) is 8.52. The fourth-order valence-corrected chi connectivity index (χ4v) is 4.31. The first-order valence-electron chi connectivity index (χ1n) is 9.44. The van der Waals surface area contributed by atoms with E-state index in [1.54, 1.807) is 7.11 Å². The fourth-order valence-electron chi connectivity index (χ4n) is 3.41. The zero-order valence-electron chi connectivity index (χ0n) is 15.9. The molecule has 28 heavy (non-hydrogen) atoms. The van der Waals surface area contributed by atoms with Crippen molar-refractivity contribution in [3.63, 3.8) is 0 Å². The molecule has 4 rings (SSSR count). The number of likely N-dealkylation sites (tertiary alicyclic amines) is 1. The van der Waals surface area contributed by atoms with E-state index >= 15 is 0 Å². The molecule has 6 heteroatoms. The third kappa shape index (κ3) is 3.92. The lowest BCUT2D eigenvalue weighted by Gasteiger charge is -2.15. The quantitative estimate of drug-likeness (QED) is 0.587. The van der Waals surface area contributed by atoms with Crippen molar-refractivity contribution < 1.29 is 9.53 Å². The second-order valence-corrected chi connectivity index (χ2v) is 7.64. The smallest absolute Gasteiger partial charge is 0.233 e. The van der Waals surface area contributed by atoms with E-state index in [0.717, 1.165) is 53.8 Å². The van der Waals surface area contributed by atoms with Gasteiger partial charge in [-0.2, -0.15) is 0 Å². The highest BCUT2D eigenvalue weighted by atomic mass is 32.2. The van der Waals surface area contributed by atoms with Crippen molar-refractivity contribution in [2.75, 3.05) is 26.0 Å². The first-order chi connectivity index (χ1) is 13.8. The average molecular weight is 394 g/mol. The summed E-state index contributed by atoms with van der Waals surface area (Å²) in [6.45, 7) is 1.76. The second-order valence-electron chi connectivity index (χ2n) is 6.70. The molecule has 1 saturated heterocycles. The molecular weight excluding hydrogens is 370 g/mol. The number of hydrogen-bond acceptors (Lipinski definition) is 4. The maximum Gasteiger partial charge on any atom is 0.233 e. The predicted octanol–water partition coefficient (Wildman–Crippen LogP) is 4.26. The first kappa shape index (κ1) is 18.6. The Hall–Kier alpha value is -2.73. The predicted molar refractivity (Wildman–Crippen MR) is 112 cm³/mol. The number of rotatable bonds is 6. The molecule has 2 heterocycles. The number of aromatic nitrogens is 2. The zero-order valence-corrected chi connectivity index (χ0v) is 16.7. The lowest BCUT2D eigenvalue weighted by molar-refractivity contribution is -0.127. The Bertz CT molecular complexity index is 932. The highest BCUT2D eigenvalue weighted by Gasteiger charge is 2.20. The minimum atomic E-state index is 0.191. The number of carbonyl (C=O) groups excluding carboxylic acids is 1. The van der Waals surface area contributed by atoms with Crippen molar-refractivity contribution >= 4 is 17.7 Å². The van der Waals surface area contributed by atoms with Crippen LogP contribution in [0, 0.1) is 0 Å².